The highest BCUT2D eigenvalue weighted by Gasteiger charge is 2.35. The van der Waals surface area contributed by atoms with Crippen LogP contribution in [0.25, 0.3) is 0 Å². The van der Waals surface area contributed by atoms with E-state index in [1.54, 1.807) is 16.7 Å². The molecule has 1 heterocycles. The van der Waals surface area contributed by atoms with Crippen LogP contribution in [0.1, 0.15) is 39.0 Å². The van der Waals surface area contributed by atoms with E-state index in [-0.39, 0.29) is 23.9 Å². The summed E-state index contributed by atoms with van der Waals surface area (Å²) in [6.07, 6.45) is 4.79. The monoisotopic (exact) mass is 299 g/mol. The number of rotatable bonds is 7. The summed E-state index contributed by atoms with van der Waals surface area (Å²) in [4.78, 5) is 26.0. The molecule has 0 aromatic carbocycles. The van der Waals surface area contributed by atoms with Crippen molar-refractivity contribution < 1.29 is 9.59 Å². The van der Waals surface area contributed by atoms with Gasteiger partial charge >= 0.3 is 0 Å². The third-order valence-electron chi connectivity index (χ3n) is 3.99. The summed E-state index contributed by atoms with van der Waals surface area (Å²) in [5, 5.41) is 2.92. The zero-order chi connectivity index (χ0) is 14.5. The molecule has 2 fully saturated rings. The highest BCUT2D eigenvalue weighted by molar-refractivity contribution is 7.99. The van der Waals surface area contributed by atoms with Gasteiger partial charge in [-0.15, -0.1) is 11.8 Å². The first-order chi connectivity index (χ1) is 9.63. The first-order valence-electron chi connectivity index (χ1n) is 7.54. The highest BCUT2D eigenvalue weighted by Crippen LogP contribution is 2.31. The van der Waals surface area contributed by atoms with Crippen molar-refractivity contribution in [3.63, 3.8) is 0 Å². The van der Waals surface area contributed by atoms with Gasteiger partial charge in [-0.05, 0) is 25.2 Å². The molecule has 0 spiro atoms. The smallest absolute Gasteiger partial charge is 0.243 e. The molecule has 1 saturated carbocycles. The first kappa shape index (κ1) is 15.6. The Morgan fingerprint density at radius 1 is 1.45 bits per heavy atom. The van der Waals surface area contributed by atoms with Crippen molar-refractivity contribution in [2.45, 2.75) is 51.1 Å². The van der Waals surface area contributed by atoms with Gasteiger partial charge in [0.2, 0.25) is 11.8 Å². The summed E-state index contributed by atoms with van der Waals surface area (Å²) in [6, 6.07) is -0.243. The number of amides is 2. The van der Waals surface area contributed by atoms with E-state index < -0.39 is 0 Å². The van der Waals surface area contributed by atoms with Crippen LogP contribution < -0.4 is 11.1 Å². The Morgan fingerprint density at radius 2 is 2.20 bits per heavy atom. The highest BCUT2D eigenvalue weighted by atomic mass is 32.2. The Hall–Kier alpha value is -0.750. The minimum Gasteiger partial charge on any atom is -0.353 e. The molecule has 114 valence electrons. The summed E-state index contributed by atoms with van der Waals surface area (Å²) in [5.41, 5.74) is 5.99. The number of nitrogens with zero attached hydrogens (tertiary/aromatic N) is 1. The Morgan fingerprint density at radius 3 is 2.85 bits per heavy atom. The molecule has 2 atom stereocenters. The normalized spacial score (nSPS) is 23.7. The predicted molar refractivity (Wildman–Crippen MR) is 81.2 cm³/mol. The molecule has 0 aromatic rings. The zero-order valence-electron chi connectivity index (χ0n) is 12.1. The molecule has 1 aliphatic heterocycles. The van der Waals surface area contributed by atoms with Crippen LogP contribution in [-0.2, 0) is 9.59 Å². The maximum absolute atomic E-state index is 12.2. The Kier molecular flexibility index (Phi) is 5.72. The molecular formula is C14H25N3O2S. The Balaban J connectivity index is 1.79. The number of thioether (sulfide) groups is 1. The zero-order valence-corrected chi connectivity index (χ0v) is 13.0. The van der Waals surface area contributed by atoms with Gasteiger partial charge in [0.15, 0.2) is 0 Å². The Labute approximate surface area is 125 Å². The van der Waals surface area contributed by atoms with Gasteiger partial charge in [-0.25, -0.2) is 0 Å². The quantitative estimate of drug-likeness (QED) is 0.733. The van der Waals surface area contributed by atoms with Gasteiger partial charge < -0.3 is 16.0 Å². The van der Waals surface area contributed by atoms with Crippen LogP contribution in [0.15, 0.2) is 0 Å². The fourth-order valence-corrected chi connectivity index (χ4v) is 3.59. The van der Waals surface area contributed by atoms with Crippen molar-refractivity contribution in [2.24, 2.45) is 11.7 Å². The van der Waals surface area contributed by atoms with Crippen LogP contribution in [0.2, 0.25) is 0 Å². The molecular weight excluding hydrogens is 274 g/mol. The van der Waals surface area contributed by atoms with Crippen LogP contribution in [0.3, 0.4) is 0 Å². The predicted octanol–water partition coefficient (Wildman–Crippen LogP) is 0.932. The first-order valence-corrected chi connectivity index (χ1v) is 8.69. The number of hydrogen-bond acceptors (Lipinski definition) is 4. The summed E-state index contributed by atoms with van der Waals surface area (Å²) in [5.74, 6) is 1.97. The molecule has 3 N–H and O–H groups in total. The average Bonchev–Trinajstić information content (AvgIpc) is 3.18. The fourth-order valence-electron chi connectivity index (χ4n) is 2.40. The van der Waals surface area contributed by atoms with Crippen molar-refractivity contribution in [1.29, 1.82) is 0 Å². The third kappa shape index (κ3) is 4.12. The van der Waals surface area contributed by atoms with Crippen LogP contribution in [0.4, 0.5) is 0 Å². The van der Waals surface area contributed by atoms with Crippen molar-refractivity contribution >= 4 is 23.6 Å². The SMILES string of the molecule is CCCCC(=O)N1CSCC1C(=O)NCC(N)C1CC1. The second-order valence-electron chi connectivity index (χ2n) is 5.73. The lowest BCUT2D eigenvalue weighted by molar-refractivity contribution is -0.138. The number of carbonyl (C=O) groups excluding carboxylic acids is 2. The molecule has 1 saturated heterocycles. The third-order valence-corrected chi connectivity index (χ3v) is 5.00. The van der Waals surface area contributed by atoms with E-state index in [2.05, 4.69) is 12.2 Å². The van der Waals surface area contributed by atoms with Gasteiger partial charge in [-0.1, -0.05) is 13.3 Å². The van der Waals surface area contributed by atoms with Gasteiger partial charge in [0.25, 0.3) is 0 Å². The second-order valence-corrected chi connectivity index (χ2v) is 6.73. The molecule has 5 nitrogen and oxygen atoms in total. The van der Waals surface area contributed by atoms with E-state index in [4.69, 9.17) is 5.73 Å². The van der Waals surface area contributed by atoms with Gasteiger partial charge in [-0.3, -0.25) is 9.59 Å². The molecule has 6 heteroatoms. The molecule has 1 aliphatic carbocycles. The van der Waals surface area contributed by atoms with Gasteiger partial charge in [-0.2, -0.15) is 0 Å². The van der Waals surface area contributed by atoms with E-state index in [9.17, 15) is 9.59 Å². The van der Waals surface area contributed by atoms with E-state index in [0.29, 0.717) is 30.5 Å². The molecule has 2 aliphatic rings. The van der Waals surface area contributed by atoms with Crippen LogP contribution in [0.5, 0.6) is 0 Å². The molecule has 2 unspecified atom stereocenters. The van der Waals surface area contributed by atoms with Crippen molar-refractivity contribution in [3.8, 4) is 0 Å². The van der Waals surface area contributed by atoms with E-state index in [1.807, 2.05) is 0 Å². The largest absolute Gasteiger partial charge is 0.353 e. The number of unbranched alkanes of at least 4 members (excludes halogenated alkanes) is 1. The lowest BCUT2D eigenvalue weighted by Crippen LogP contribution is -2.49. The van der Waals surface area contributed by atoms with Crippen LogP contribution in [0, 0.1) is 5.92 Å². The van der Waals surface area contributed by atoms with Gasteiger partial charge in [0.05, 0.1) is 5.88 Å². The number of nitrogens with two attached hydrogens (primary N) is 1. The topological polar surface area (TPSA) is 75.4 Å². The standard InChI is InChI=1S/C14H25N3O2S/c1-2-3-4-13(18)17-9-20-8-12(17)14(19)16-7-11(15)10-5-6-10/h10-12H,2-9,15H2,1H3,(H,16,19). The van der Waals surface area contributed by atoms with Gasteiger partial charge in [0.1, 0.15) is 6.04 Å². The van der Waals surface area contributed by atoms with E-state index in [0.717, 1.165) is 12.8 Å². The summed E-state index contributed by atoms with van der Waals surface area (Å²) in [6.45, 7) is 2.59. The van der Waals surface area contributed by atoms with Crippen molar-refractivity contribution in [3.05, 3.63) is 0 Å². The summed E-state index contributed by atoms with van der Waals surface area (Å²) in [7, 11) is 0. The maximum atomic E-state index is 12.2. The maximum Gasteiger partial charge on any atom is 0.243 e. The second kappa shape index (κ2) is 7.31. The lowest BCUT2D eigenvalue weighted by atomic mass is 10.2. The molecule has 0 aromatic heterocycles. The molecule has 2 amide bonds. The number of hydrogen-bond donors (Lipinski definition) is 2. The number of carbonyl (C=O) groups is 2. The minimum absolute atomic E-state index is 0.0454. The van der Waals surface area contributed by atoms with E-state index in [1.165, 1.54) is 12.8 Å². The molecule has 0 radical (unpaired) electrons. The summed E-state index contributed by atoms with van der Waals surface area (Å²) < 4.78 is 0. The van der Waals surface area contributed by atoms with Crippen molar-refractivity contribution in [1.82, 2.24) is 10.2 Å². The number of nitrogens with one attached hydrogen (secondary N) is 1. The Bertz CT molecular complexity index is 360. The van der Waals surface area contributed by atoms with Crippen LogP contribution >= 0.6 is 11.8 Å². The fraction of sp³-hybridized carbons (Fsp3) is 0.857. The molecule has 20 heavy (non-hydrogen) atoms. The summed E-state index contributed by atoms with van der Waals surface area (Å²) >= 11 is 1.65. The average molecular weight is 299 g/mol. The molecule has 0 bridgehead atoms. The van der Waals surface area contributed by atoms with Crippen LogP contribution in [-0.4, -0.2) is 47.0 Å². The van der Waals surface area contributed by atoms with Crippen molar-refractivity contribution in [2.75, 3.05) is 18.2 Å². The minimum atomic E-state index is -0.309. The molecule has 2 rings (SSSR count). The van der Waals surface area contributed by atoms with E-state index >= 15 is 0 Å². The van der Waals surface area contributed by atoms with Gasteiger partial charge in [0, 0.05) is 24.8 Å². The lowest BCUT2D eigenvalue weighted by Gasteiger charge is -2.23.